The van der Waals surface area contributed by atoms with E-state index in [1.807, 2.05) is 30.3 Å². The molecule has 0 unspecified atom stereocenters. The van der Waals surface area contributed by atoms with Gasteiger partial charge in [0.15, 0.2) is 9.84 Å². The second kappa shape index (κ2) is 8.66. The first-order valence-electron chi connectivity index (χ1n) is 8.82. The van der Waals surface area contributed by atoms with Crippen LogP contribution in [0.2, 0.25) is 0 Å². The molecule has 1 saturated heterocycles. The van der Waals surface area contributed by atoms with Crippen LogP contribution in [0.3, 0.4) is 0 Å². The van der Waals surface area contributed by atoms with Crippen molar-refractivity contribution in [3.63, 3.8) is 0 Å². The van der Waals surface area contributed by atoms with Crippen LogP contribution in [-0.4, -0.2) is 44.4 Å². The second-order valence-corrected chi connectivity index (χ2v) is 8.91. The number of halogens is 1. The number of piperidine rings is 1. The van der Waals surface area contributed by atoms with Gasteiger partial charge in [0.05, 0.1) is 6.04 Å². The zero-order valence-electron chi connectivity index (χ0n) is 15.4. The number of carbonyl (C=O) groups excluding carboxylic acids is 1. The lowest BCUT2D eigenvalue weighted by Gasteiger charge is -2.40. The standard InChI is InChI=1S/C19H27FN2O3S/c1-14(10-12-26(3,24)25)21-19(23)22-11-9-17(15(2)20)13-18(22)16-7-5-4-6-8-16/h4-8,10,12,14-15,17-18H,9,11,13H2,1-3H3,(H,21,23)/b12-10+/t14-,15+,17+,18-/m0/s1. The molecular weight excluding hydrogens is 355 g/mol. The number of benzene rings is 1. The molecule has 2 rings (SSSR count). The molecule has 1 aliphatic heterocycles. The Balaban J connectivity index is 2.14. The highest BCUT2D eigenvalue weighted by Gasteiger charge is 2.35. The third-order valence-electron chi connectivity index (χ3n) is 4.70. The summed E-state index contributed by atoms with van der Waals surface area (Å²) in [7, 11) is -3.24. The lowest BCUT2D eigenvalue weighted by Crippen LogP contribution is -2.49. The Kier molecular flexibility index (Phi) is 6.81. The van der Waals surface area contributed by atoms with Crippen molar-refractivity contribution in [1.82, 2.24) is 10.2 Å². The van der Waals surface area contributed by atoms with Crippen molar-refractivity contribution in [2.45, 2.75) is 44.9 Å². The van der Waals surface area contributed by atoms with Crippen molar-refractivity contribution < 1.29 is 17.6 Å². The van der Waals surface area contributed by atoms with Crippen molar-refractivity contribution in [3.05, 3.63) is 47.4 Å². The van der Waals surface area contributed by atoms with Crippen molar-refractivity contribution in [2.24, 2.45) is 5.92 Å². The van der Waals surface area contributed by atoms with Gasteiger partial charge in [-0.05, 0) is 38.2 Å². The normalized spacial score (nSPS) is 23.6. The summed E-state index contributed by atoms with van der Waals surface area (Å²) in [4.78, 5) is 14.5. The van der Waals surface area contributed by atoms with Crippen molar-refractivity contribution >= 4 is 15.9 Å². The van der Waals surface area contributed by atoms with E-state index in [1.54, 1.807) is 18.7 Å². The topological polar surface area (TPSA) is 66.5 Å². The second-order valence-electron chi connectivity index (χ2n) is 6.98. The van der Waals surface area contributed by atoms with E-state index in [2.05, 4.69) is 5.32 Å². The predicted molar refractivity (Wildman–Crippen MR) is 101 cm³/mol. The van der Waals surface area contributed by atoms with Gasteiger partial charge >= 0.3 is 6.03 Å². The Bertz CT molecular complexity index is 734. The largest absolute Gasteiger partial charge is 0.332 e. The summed E-state index contributed by atoms with van der Waals surface area (Å²) in [5.41, 5.74) is 0.979. The lowest BCUT2D eigenvalue weighted by molar-refractivity contribution is 0.0936. The van der Waals surface area contributed by atoms with Crippen LogP contribution in [0.4, 0.5) is 9.18 Å². The van der Waals surface area contributed by atoms with Gasteiger partial charge in [0.25, 0.3) is 0 Å². The van der Waals surface area contributed by atoms with Gasteiger partial charge in [-0.3, -0.25) is 0 Å². The van der Waals surface area contributed by atoms with E-state index in [0.29, 0.717) is 19.4 Å². The Morgan fingerprint density at radius 1 is 1.31 bits per heavy atom. The Labute approximate surface area is 155 Å². The summed E-state index contributed by atoms with van der Waals surface area (Å²) < 4.78 is 36.3. The molecule has 7 heteroatoms. The minimum Gasteiger partial charge on any atom is -0.332 e. The fourth-order valence-corrected chi connectivity index (χ4v) is 3.75. The quantitative estimate of drug-likeness (QED) is 0.848. The van der Waals surface area contributed by atoms with E-state index in [9.17, 15) is 17.6 Å². The molecule has 26 heavy (non-hydrogen) atoms. The molecule has 0 bridgehead atoms. The maximum atomic E-state index is 13.8. The Morgan fingerprint density at radius 3 is 2.54 bits per heavy atom. The molecule has 1 N–H and O–H groups in total. The van der Waals surface area contributed by atoms with Gasteiger partial charge in [-0.15, -0.1) is 0 Å². The molecular formula is C19H27FN2O3S. The summed E-state index contributed by atoms with van der Waals surface area (Å²) in [5.74, 6) is -0.0770. The first-order chi connectivity index (χ1) is 12.2. The molecule has 1 aliphatic rings. The highest BCUT2D eigenvalue weighted by Crippen LogP contribution is 2.36. The number of amides is 2. The van der Waals surface area contributed by atoms with Gasteiger partial charge in [-0.25, -0.2) is 17.6 Å². The summed E-state index contributed by atoms with van der Waals surface area (Å²) in [6.45, 7) is 3.75. The predicted octanol–water partition coefficient (Wildman–Crippen LogP) is 3.45. The summed E-state index contributed by atoms with van der Waals surface area (Å²) in [5, 5.41) is 3.89. The Morgan fingerprint density at radius 2 is 1.96 bits per heavy atom. The van der Waals surface area contributed by atoms with Crippen LogP contribution in [-0.2, 0) is 9.84 Å². The maximum Gasteiger partial charge on any atom is 0.318 e. The fraction of sp³-hybridized carbons (Fsp3) is 0.526. The summed E-state index contributed by atoms with van der Waals surface area (Å²) in [6, 6.07) is 8.73. The van der Waals surface area contributed by atoms with Gasteiger partial charge in [0.2, 0.25) is 0 Å². The molecule has 0 spiro atoms. The van der Waals surface area contributed by atoms with Gasteiger partial charge in [-0.2, -0.15) is 0 Å². The molecule has 0 aliphatic carbocycles. The number of urea groups is 1. The Hall–Kier alpha value is -1.89. The van der Waals surface area contributed by atoms with Crippen LogP contribution in [0.15, 0.2) is 41.8 Å². The van der Waals surface area contributed by atoms with Crippen LogP contribution in [0.25, 0.3) is 0 Å². The highest BCUT2D eigenvalue weighted by atomic mass is 32.2. The average molecular weight is 383 g/mol. The van der Waals surface area contributed by atoms with E-state index in [-0.39, 0.29) is 18.0 Å². The number of nitrogens with one attached hydrogen (secondary N) is 1. The number of likely N-dealkylation sites (tertiary alicyclic amines) is 1. The number of sulfone groups is 1. The van der Waals surface area contributed by atoms with Gasteiger partial charge < -0.3 is 10.2 Å². The van der Waals surface area contributed by atoms with E-state index in [0.717, 1.165) is 17.2 Å². The van der Waals surface area contributed by atoms with Gasteiger partial charge in [-0.1, -0.05) is 36.4 Å². The van der Waals surface area contributed by atoms with Crippen LogP contribution in [0.5, 0.6) is 0 Å². The molecule has 4 atom stereocenters. The molecule has 1 aromatic carbocycles. The van der Waals surface area contributed by atoms with Crippen LogP contribution < -0.4 is 5.32 Å². The van der Waals surface area contributed by atoms with Crippen LogP contribution in [0.1, 0.15) is 38.3 Å². The number of hydrogen-bond acceptors (Lipinski definition) is 3. The lowest BCUT2D eigenvalue weighted by atomic mass is 9.85. The third kappa shape index (κ3) is 5.83. The van der Waals surface area contributed by atoms with Gasteiger partial charge in [0, 0.05) is 24.3 Å². The SMILES string of the molecule is C[C@@H](/C=C/S(C)(=O)=O)NC(=O)N1CC[C@@H]([C@@H](C)F)C[C@H]1c1ccccc1. The number of rotatable bonds is 5. The molecule has 1 fully saturated rings. The van der Waals surface area contributed by atoms with E-state index < -0.39 is 22.1 Å². The molecule has 0 radical (unpaired) electrons. The van der Waals surface area contributed by atoms with Crippen molar-refractivity contribution in [3.8, 4) is 0 Å². The molecule has 0 saturated carbocycles. The van der Waals surface area contributed by atoms with E-state index in [1.165, 1.54) is 6.08 Å². The average Bonchev–Trinajstić information content (AvgIpc) is 2.59. The summed E-state index contributed by atoms with van der Waals surface area (Å²) >= 11 is 0. The zero-order chi connectivity index (χ0) is 19.3. The monoisotopic (exact) mass is 382 g/mol. The smallest absolute Gasteiger partial charge is 0.318 e. The number of nitrogens with zero attached hydrogens (tertiary/aromatic N) is 1. The molecule has 1 aromatic rings. The van der Waals surface area contributed by atoms with Crippen molar-refractivity contribution in [1.29, 1.82) is 0 Å². The van der Waals surface area contributed by atoms with Crippen LogP contribution in [0, 0.1) is 5.92 Å². The van der Waals surface area contributed by atoms with Crippen molar-refractivity contribution in [2.75, 3.05) is 12.8 Å². The zero-order valence-corrected chi connectivity index (χ0v) is 16.2. The van der Waals surface area contributed by atoms with E-state index >= 15 is 0 Å². The van der Waals surface area contributed by atoms with Crippen LogP contribution >= 0.6 is 0 Å². The van der Waals surface area contributed by atoms with E-state index in [4.69, 9.17) is 0 Å². The third-order valence-corrected chi connectivity index (χ3v) is 5.35. The fourth-order valence-electron chi connectivity index (χ4n) is 3.23. The summed E-state index contributed by atoms with van der Waals surface area (Å²) in [6.07, 6.45) is 2.82. The first kappa shape index (κ1) is 20.4. The molecule has 5 nitrogen and oxygen atoms in total. The minimum atomic E-state index is -3.24. The van der Waals surface area contributed by atoms with Gasteiger partial charge in [0.1, 0.15) is 6.17 Å². The number of hydrogen-bond donors (Lipinski definition) is 1. The molecule has 2 amide bonds. The highest BCUT2D eigenvalue weighted by molar-refractivity contribution is 7.93. The first-order valence-corrected chi connectivity index (χ1v) is 10.8. The minimum absolute atomic E-state index is 0.0770. The number of alkyl halides is 1. The molecule has 1 heterocycles. The number of carbonyl (C=O) groups is 1. The maximum absolute atomic E-state index is 13.8. The molecule has 0 aromatic heterocycles. The molecule has 144 valence electrons.